The SMILES string of the molecule is CC(C)OCCCN1C(=O)Cc2ccccc2C1=O. The molecule has 0 atom stereocenters. The average Bonchev–Trinajstić information content (AvgIpc) is 2.37. The molecule has 0 saturated heterocycles. The molecule has 1 aliphatic heterocycles. The fourth-order valence-electron chi connectivity index (χ4n) is 2.17. The Bertz CT molecular complexity index is 482. The first-order valence-electron chi connectivity index (χ1n) is 6.64. The maximum absolute atomic E-state index is 12.2. The zero-order valence-corrected chi connectivity index (χ0v) is 11.4. The molecule has 1 aliphatic rings. The van der Waals surface area contributed by atoms with E-state index in [1.54, 1.807) is 6.07 Å². The lowest BCUT2D eigenvalue weighted by Crippen LogP contribution is -2.43. The van der Waals surface area contributed by atoms with Crippen LogP contribution in [-0.2, 0) is 16.0 Å². The van der Waals surface area contributed by atoms with E-state index in [1.165, 1.54) is 4.90 Å². The van der Waals surface area contributed by atoms with Gasteiger partial charge < -0.3 is 4.74 Å². The van der Waals surface area contributed by atoms with Gasteiger partial charge in [-0.3, -0.25) is 14.5 Å². The van der Waals surface area contributed by atoms with Gasteiger partial charge in [0.2, 0.25) is 5.91 Å². The number of amides is 2. The minimum Gasteiger partial charge on any atom is -0.379 e. The van der Waals surface area contributed by atoms with E-state index in [0.29, 0.717) is 31.6 Å². The molecule has 0 aromatic heterocycles. The minimum absolute atomic E-state index is 0.117. The fourth-order valence-corrected chi connectivity index (χ4v) is 2.17. The number of rotatable bonds is 5. The number of benzene rings is 1. The van der Waals surface area contributed by atoms with Gasteiger partial charge in [0, 0.05) is 18.7 Å². The molecule has 2 rings (SSSR count). The number of carbonyl (C=O) groups excluding carboxylic acids is 2. The van der Waals surface area contributed by atoms with Crippen molar-refractivity contribution in [2.24, 2.45) is 0 Å². The Morgan fingerprint density at radius 1 is 1.26 bits per heavy atom. The van der Waals surface area contributed by atoms with Crippen LogP contribution in [0.25, 0.3) is 0 Å². The summed E-state index contributed by atoms with van der Waals surface area (Å²) in [5, 5.41) is 0. The van der Waals surface area contributed by atoms with E-state index in [-0.39, 0.29) is 17.9 Å². The second kappa shape index (κ2) is 5.97. The molecule has 0 spiro atoms. The summed E-state index contributed by atoms with van der Waals surface area (Å²) in [6, 6.07) is 7.30. The smallest absolute Gasteiger partial charge is 0.260 e. The highest BCUT2D eigenvalue weighted by Crippen LogP contribution is 2.19. The molecule has 4 nitrogen and oxygen atoms in total. The molecule has 0 fully saturated rings. The van der Waals surface area contributed by atoms with Crippen molar-refractivity contribution in [3.63, 3.8) is 0 Å². The Balaban J connectivity index is 1.99. The molecule has 19 heavy (non-hydrogen) atoms. The molecule has 0 aliphatic carbocycles. The summed E-state index contributed by atoms with van der Waals surface area (Å²) < 4.78 is 5.42. The third kappa shape index (κ3) is 3.20. The van der Waals surface area contributed by atoms with E-state index in [2.05, 4.69) is 0 Å². The lowest BCUT2D eigenvalue weighted by atomic mass is 9.98. The first-order valence-corrected chi connectivity index (χ1v) is 6.64. The summed E-state index contributed by atoms with van der Waals surface area (Å²) in [5.41, 5.74) is 1.47. The Morgan fingerprint density at radius 3 is 2.74 bits per heavy atom. The Labute approximate surface area is 113 Å². The molecule has 1 aromatic rings. The van der Waals surface area contributed by atoms with Gasteiger partial charge in [0.15, 0.2) is 0 Å². The van der Waals surface area contributed by atoms with E-state index < -0.39 is 0 Å². The van der Waals surface area contributed by atoms with Crippen LogP contribution in [0.4, 0.5) is 0 Å². The van der Waals surface area contributed by atoms with Crippen LogP contribution in [0.2, 0.25) is 0 Å². The van der Waals surface area contributed by atoms with Gasteiger partial charge in [0.05, 0.1) is 12.5 Å². The predicted octanol–water partition coefficient (Wildman–Crippen LogP) is 2.03. The second-order valence-electron chi connectivity index (χ2n) is 4.96. The fraction of sp³-hybridized carbons (Fsp3) is 0.467. The van der Waals surface area contributed by atoms with Crippen LogP contribution >= 0.6 is 0 Å². The third-order valence-corrected chi connectivity index (χ3v) is 3.11. The van der Waals surface area contributed by atoms with Crippen molar-refractivity contribution in [2.45, 2.75) is 32.8 Å². The van der Waals surface area contributed by atoms with Gasteiger partial charge in [-0.1, -0.05) is 18.2 Å². The average molecular weight is 261 g/mol. The van der Waals surface area contributed by atoms with Gasteiger partial charge in [-0.05, 0) is 31.9 Å². The van der Waals surface area contributed by atoms with Crippen molar-refractivity contribution in [1.82, 2.24) is 4.90 Å². The summed E-state index contributed by atoms with van der Waals surface area (Å²) in [6.07, 6.45) is 1.17. The molecule has 0 radical (unpaired) electrons. The zero-order chi connectivity index (χ0) is 13.8. The maximum Gasteiger partial charge on any atom is 0.260 e. The van der Waals surface area contributed by atoms with Crippen LogP contribution in [0.15, 0.2) is 24.3 Å². The van der Waals surface area contributed by atoms with Crippen LogP contribution in [0.3, 0.4) is 0 Å². The Hall–Kier alpha value is -1.68. The Morgan fingerprint density at radius 2 is 2.00 bits per heavy atom. The van der Waals surface area contributed by atoms with Crippen molar-refractivity contribution in [3.05, 3.63) is 35.4 Å². The number of imide groups is 1. The molecule has 0 saturated carbocycles. The topological polar surface area (TPSA) is 46.6 Å². The molecule has 2 amide bonds. The maximum atomic E-state index is 12.2. The number of carbonyl (C=O) groups is 2. The lowest BCUT2D eigenvalue weighted by Gasteiger charge is -2.26. The summed E-state index contributed by atoms with van der Waals surface area (Å²) >= 11 is 0. The molecule has 4 heteroatoms. The summed E-state index contributed by atoms with van der Waals surface area (Å²) in [4.78, 5) is 25.5. The first-order chi connectivity index (χ1) is 9.09. The van der Waals surface area contributed by atoms with Crippen LogP contribution < -0.4 is 0 Å². The number of fused-ring (bicyclic) bond motifs is 1. The van der Waals surface area contributed by atoms with E-state index in [0.717, 1.165) is 5.56 Å². The summed E-state index contributed by atoms with van der Waals surface area (Å²) in [6.45, 7) is 4.93. The third-order valence-electron chi connectivity index (χ3n) is 3.11. The lowest BCUT2D eigenvalue weighted by molar-refractivity contribution is -0.128. The van der Waals surface area contributed by atoms with E-state index in [1.807, 2.05) is 32.0 Å². The van der Waals surface area contributed by atoms with Crippen LogP contribution in [0.5, 0.6) is 0 Å². The highest BCUT2D eigenvalue weighted by Gasteiger charge is 2.29. The van der Waals surface area contributed by atoms with E-state index >= 15 is 0 Å². The van der Waals surface area contributed by atoms with Crippen LogP contribution in [0.1, 0.15) is 36.2 Å². The van der Waals surface area contributed by atoms with Gasteiger partial charge in [0.25, 0.3) is 5.91 Å². The van der Waals surface area contributed by atoms with E-state index in [9.17, 15) is 9.59 Å². The van der Waals surface area contributed by atoms with Crippen molar-refractivity contribution in [1.29, 1.82) is 0 Å². The van der Waals surface area contributed by atoms with Crippen molar-refractivity contribution in [2.75, 3.05) is 13.2 Å². The predicted molar refractivity (Wildman–Crippen MR) is 71.9 cm³/mol. The standard InChI is InChI=1S/C15H19NO3/c1-11(2)19-9-5-8-16-14(17)10-12-6-3-4-7-13(12)15(16)18/h3-4,6-7,11H,5,8-10H2,1-2H3. The van der Waals surface area contributed by atoms with Crippen molar-refractivity contribution >= 4 is 11.8 Å². The molecule has 0 N–H and O–H groups in total. The second-order valence-corrected chi connectivity index (χ2v) is 4.96. The molecule has 0 unspecified atom stereocenters. The largest absolute Gasteiger partial charge is 0.379 e. The summed E-state index contributed by atoms with van der Waals surface area (Å²) in [7, 11) is 0. The zero-order valence-electron chi connectivity index (χ0n) is 11.4. The van der Waals surface area contributed by atoms with Gasteiger partial charge in [0.1, 0.15) is 0 Å². The first kappa shape index (κ1) is 13.7. The minimum atomic E-state index is -0.184. The Kier molecular flexibility index (Phi) is 4.32. The molecular formula is C15H19NO3. The normalized spacial score (nSPS) is 15.0. The molecule has 1 heterocycles. The van der Waals surface area contributed by atoms with Crippen LogP contribution in [0, 0.1) is 0 Å². The van der Waals surface area contributed by atoms with Gasteiger partial charge in [-0.25, -0.2) is 0 Å². The van der Waals surface area contributed by atoms with Gasteiger partial charge in [-0.2, -0.15) is 0 Å². The quantitative estimate of drug-likeness (QED) is 0.602. The highest BCUT2D eigenvalue weighted by atomic mass is 16.5. The number of ether oxygens (including phenoxy) is 1. The van der Waals surface area contributed by atoms with Crippen molar-refractivity contribution < 1.29 is 14.3 Å². The number of hydrogen-bond acceptors (Lipinski definition) is 3. The molecular weight excluding hydrogens is 242 g/mol. The van der Waals surface area contributed by atoms with Gasteiger partial charge >= 0.3 is 0 Å². The summed E-state index contributed by atoms with van der Waals surface area (Å²) in [5.74, 6) is -0.301. The number of nitrogens with zero attached hydrogens (tertiary/aromatic N) is 1. The molecule has 102 valence electrons. The number of hydrogen-bond donors (Lipinski definition) is 0. The monoisotopic (exact) mass is 261 g/mol. The molecule has 1 aromatic carbocycles. The van der Waals surface area contributed by atoms with Gasteiger partial charge in [-0.15, -0.1) is 0 Å². The molecule has 0 bridgehead atoms. The highest BCUT2D eigenvalue weighted by molar-refractivity contribution is 6.09. The van der Waals surface area contributed by atoms with E-state index in [4.69, 9.17) is 4.74 Å². The van der Waals surface area contributed by atoms with Crippen LogP contribution in [-0.4, -0.2) is 36.0 Å². The van der Waals surface area contributed by atoms with Crippen molar-refractivity contribution in [3.8, 4) is 0 Å².